The standard InChI is InChI=1S/C26H38N4O6/c1-35-24(32)16-22(27)25(33)28-21-8-5-13-30(17-21)23(31)10-9-19-11-14-29(15-12-19)26(34)36-18-20-6-3-2-4-7-20/h2-4,6-7,19,21-22H,5,8-18,27H2,1H3,(H,28,33)/t21?,22-/m0/s1. The Labute approximate surface area is 212 Å². The van der Waals surface area contributed by atoms with Crippen LogP contribution in [0.15, 0.2) is 30.3 Å². The molecular formula is C26H38N4O6. The molecule has 2 fully saturated rings. The number of methoxy groups -OCH3 is 1. The second kappa shape index (κ2) is 13.8. The van der Waals surface area contributed by atoms with Gasteiger partial charge in [0.1, 0.15) is 6.61 Å². The van der Waals surface area contributed by atoms with Crippen LogP contribution in [0.2, 0.25) is 0 Å². The van der Waals surface area contributed by atoms with Gasteiger partial charge in [0.15, 0.2) is 0 Å². The van der Waals surface area contributed by atoms with Crippen LogP contribution in [0.25, 0.3) is 0 Å². The highest BCUT2D eigenvalue weighted by atomic mass is 16.6. The zero-order valence-electron chi connectivity index (χ0n) is 21.0. The van der Waals surface area contributed by atoms with E-state index in [0.717, 1.165) is 37.7 Å². The van der Waals surface area contributed by atoms with E-state index in [9.17, 15) is 19.2 Å². The summed E-state index contributed by atoms with van der Waals surface area (Å²) in [6, 6.07) is 8.46. The van der Waals surface area contributed by atoms with Crippen LogP contribution in [0.1, 0.15) is 50.5 Å². The lowest BCUT2D eigenvalue weighted by Crippen LogP contribution is -2.53. The first-order chi connectivity index (χ1) is 17.4. The highest BCUT2D eigenvalue weighted by Crippen LogP contribution is 2.23. The lowest BCUT2D eigenvalue weighted by Gasteiger charge is -2.34. The van der Waals surface area contributed by atoms with Crippen molar-refractivity contribution in [1.29, 1.82) is 0 Å². The highest BCUT2D eigenvalue weighted by Gasteiger charge is 2.28. The number of hydrogen-bond acceptors (Lipinski definition) is 7. The van der Waals surface area contributed by atoms with E-state index in [1.54, 1.807) is 9.80 Å². The molecule has 2 aliphatic heterocycles. The van der Waals surface area contributed by atoms with Crippen LogP contribution < -0.4 is 11.1 Å². The second-order valence-corrected chi connectivity index (χ2v) is 9.58. The maximum Gasteiger partial charge on any atom is 0.410 e. The molecule has 198 valence electrons. The summed E-state index contributed by atoms with van der Waals surface area (Å²) in [5, 5.41) is 2.86. The van der Waals surface area contributed by atoms with Crippen LogP contribution >= 0.6 is 0 Å². The van der Waals surface area contributed by atoms with Crippen molar-refractivity contribution < 1.29 is 28.7 Å². The maximum atomic E-state index is 12.8. The summed E-state index contributed by atoms with van der Waals surface area (Å²) < 4.78 is 9.98. The predicted molar refractivity (Wildman–Crippen MR) is 133 cm³/mol. The van der Waals surface area contributed by atoms with Crippen LogP contribution in [-0.2, 0) is 30.5 Å². The number of ether oxygens (including phenoxy) is 2. The van der Waals surface area contributed by atoms with E-state index in [1.165, 1.54) is 7.11 Å². The number of piperidine rings is 2. The first-order valence-electron chi connectivity index (χ1n) is 12.7. The lowest BCUT2D eigenvalue weighted by molar-refractivity contribution is -0.142. The molecule has 0 bridgehead atoms. The summed E-state index contributed by atoms with van der Waals surface area (Å²) in [5.41, 5.74) is 6.74. The summed E-state index contributed by atoms with van der Waals surface area (Å²) in [6.45, 7) is 2.65. The second-order valence-electron chi connectivity index (χ2n) is 9.58. The number of amides is 3. The van der Waals surface area contributed by atoms with Crippen molar-refractivity contribution in [2.24, 2.45) is 11.7 Å². The van der Waals surface area contributed by atoms with Gasteiger partial charge in [0.2, 0.25) is 11.8 Å². The van der Waals surface area contributed by atoms with Crippen molar-refractivity contribution in [3.63, 3.8) is 0 Å². The molecule has 1 unspecified atom stereocenters. The van der Waals surface area contributed by atoms with Gasteiger partial charge in [-0.1, -0.05) is 30.3 Å². The van der Waals surface area contributed by atoms with Crippen LogP contribution in [-0.4, -0.2) is 79.0 Å². The summed E-state index contributed by atoms with van der Waals surface area (Å²) >= 11 is 0. The number of rotatable bonds is 9. The predicted octanol–water partition coefficient (Wildman–Crippen LogP) is 1.81. The number of likely N-dealkylation sites (tertiary alicyclic amines) is 2. The number of nitrogens with one attached hydrogen (secondary N) is 1. The van der Waals surface area contributed by atoms with Crippen LogP contribution in [0, 0.1) is 5.92 Å². The Morgan fingerprint density at radius 1 is 1.06 bits per heavy atom. The number of benzene rings is 1. The molecule has 0 spiro atoms. The van der Waals surface area contributed by atoms with E-state index < -0.39 is 17.9 Å². The Hall–Kier alpha value is -3.14. The van der Waals surface area contributed by atoms with E-state index in [2.05, 4.69) is 10.1 Å². The Kier molecular flexibility index (Phi) is 10.5. The zero-order valence-corrected chi connectivity index (χ0v) is 21.0. The van der Waals surface area contributed by atoms with Gasteiger partial charge in [-0.15, -0.1) is 0 Å². The lowest BCUT2D eigenvalue weighted by atomic mass is 9.92. The van der Waals surface area contributed by atoms with Crippen LogP contribution in [0.4, 0.5) is 4.79 Å². The van der Waals surface area contributed by atoms with Crippen LogP contribution in [0.3, 0.4) is 0 Å². The Morgan fingerprint density at radius 2 is 1.78 bits per heavy atom. The molecule has 3 amide bonds. The van der Waals surface area contributed by atoms with E-state index in [4.69, 9.17) is 10.5 Å². The van der Waals surface area contributed by atoms with Crippen molar-refractivity contribution in [2.75, 3.05) is 33.3 Å². The molecule has 36 heavy (non-hydrogen) atoms. The van der Waals surface area contributed by atoms with Gasteiger partial charge in [-0.05, 0) is 43.6 Å². The van der Waals surface area contributed by atoms with Gasteiger partial charge in [-0.25, -0.2) is 4.79 Å². The third-order valence-corrected chi connectivity index (χ3v) is 6.92. The molecule has 0 radical (unpaired) electrons. The maximum absolute atomic E-state index is 12.8. The van der Waals surface area contributed by atoms with E-state index >= 15 is 0 Å². The third-order valence-electron chi connectivity index (χ3n) is 6.92. The third kappa shape index (κ3) is 8.51. The fraction of sp³-hybridized carbons (Fsp3) is 0.615. The minimum Gasteiger partial charge on any atom is -0.469 e. The largest absolute Gasteiger partial charge is 0.469 e. The van der Waals surface area contributed by atoms with E-state index in [1.807, 2.05) is 30.3 Å². The van der Waals surface area contributed by atoms with Gasteiger partial charge >= 0.3 is 12.1 Å². The molecule has 10 nitrogen and oxygen atoms in total. The van der Waals surface area contributed by atoms with E-state index in [-0.39, 0.29) is 31.1 Å². The molecule has 10 heteroatoms. The van der Waals surface area contributed by atoms with Crippen molar-refractivity contribution in [3.8, 4) is 0 Å². The quantitative estimate of drug-likeness (QED) is 0.492. The fourth-order valence-electron chi connectivity index (χ4n) is 4.69. The van der Waals surface area contributed by atoms with Crippen molar-refractivity contribution in [2.45, 2.75) is 63.6 Å². The average molecular weight is 503 g/mol. The molecule has 3 N–H and O–H groups in total. The number of esters is 1. The molecule has 1 aromatic carbocycles. The van der Waals surface area contributed by atoms with Gasteiger partial charge in [-0.3, -0.25) is 14.4 Å². The van der Waals surface area contributed by atoms with E-state index in [0.29, 0.717) is 38.5 Å². The number of carbonyl (C=O) groups excluding carboxylic acids is 4. The first-order valence-corrected chi connectivity index (χ1v) is 12.7. The van der Waals surface area contributed by atoms with Crippen molar-refractivity contribution in [1.82, 2.24) is 15.1 Å². The summed E-state index contributed by atoms with van der Waals surface area (Å²) in [6.07, 6.45) is 4.03. The summed E-state index contributed by atoms with van der Waals surface area (Å²) in [4.78, 5) is 52.3. The molecule has 0 saturated carbocycles. The van der Waals surface area contributed by atoms with Gasteiger partial charge in [0, 0.05) is 38.6 Å². The molecule has 0 aliphatic carbocycles. The topological polar surface area (TPSA) is 131 Å². The zero-order chi connectivity index (χ0) is 25.9. The molecule has 1 aromatic rings. The Balaban J connectivity index is 1.34. The Bertz CT molecular complexity index is 888. The number of hydrogen-bond donors (Lipinski definition) is 2. The molecule has 2 heterocycles. The summed E-state index contributed by atoms with van der Waals surface area (Å²) in [5.74, 6) is -0.469. The minimum atomic E-state index is -0.968. The van der Waals surface area contributed by atoms with Crippen molar-refractivity contribution in [3.05, 3.63) is 35.9 Å². The molecular weight excluding hydrogens is 464 g/mol. The first kappa shape index (κ1) is 27.4. The Morgan fingerprint density at radius 3 is 2.47 bits per heavy atom. The monoisotopic (exact) mass is 502 g/mol. The minimum absolute atomic E-state index is 0.0810. The van der Waals surface area contributed by atoms with Crippen molar-refractivity contribution >= 4 is 23.9 Å². The number of nitrogens with zero attached hydrogens (tertiary/aromatic N) is 2. The summed E-state index contributed by atoms with van der Waals surface area (Å²) in [7, 11) is 1.25. The smallest absolute Gasteiger partial charge is 0.410 e. The highest BCUT2D eigenvalue weighted by molar-refractivity contribution is 5.86. The molecule has 2 atom stereocenters. The molecule has 3 rings (SSSR count). The normalized spacial score (nSPS) is 19.3. The van der Waals surface area contributed by atoms with Gasteiger partial charge in [0.05, 0.1) is 19.6 Å². The molecule has 2 saturated heterocycles. The molecule has 2 aliphatic rings. The SMILES string of the molecule is COC(=O)C[C@H](N)C(=O)NC1CCCN(C(=O)CCC2CCN(C(=O)OCc3ccccc3)CC2)C1. The van der Waals surface area contributed by atoms with Crippen LogP contribution in [0.5, 0.6) is 0 Å². The molecule has 0 aromatic heterocycles. The van der Waals surface area contributed by atoms with Gasteiger partial charge < -0.3 is 30.3 Å². The van der Waals surface area contributed by atoms with Gasteiger partial charge in [-0.2, -0.15) is 0 Å². The average Bonchev–Trinajstić information content (AvgIpc) is 2.91. The number of nitrogens with two attached hydrogens (primary N) is 1. The van der Waals surface area contributed by atoms with Gasteiger partial charge in [0.25, 0.3) is 0 Å². The fourth-order valence-corrected chi connectivity index (χ4v) is 4.69. The number of carbonyl (C=O) groups is 4.